The number of halogens is 4. The van der Waals surface area contributed by atoms with Gasteiger partial charge in [0.05, 0.1) is 5.56 Å². The van der Waals surface area contributed by atoms with Crippen molar-refractivity contribution in [3.8, 4) is 0 Å². The van der Waals surface area contributed by atoms with E-state index in [9.17, 15) is 13.2 Å². The molecule has 0 unspecified atom stereocenters. The van der Waals surface area contributed by atoms with E-state index in [1.165, 1.54) is 12.1 Å². The van der Waals surface area contributed by atoms with Crippen LogP contribution >= 0.6 is 24.0 Å². The van der Waals surface area contributed by atoms with E-state index < -0.39 is 17.2 Å². The topological polar surface area (TPSA) is 36.9 Å². The summed E-state index contributed by atoms with van der Waals surface area (Å²) in [6.45, 7) is 6.92. The number of hydrogen-bond acceptors (Lipinski definition) is 2. The number of nitrogens with one attached hydrogen (secondary N) is 1. The van der Waals surface area contributed by atoms with Crippen LogP contribution in [0, 0.1) is 5.92 Å². The zero-order valence-electron chi connectivity index (χ0n) is 17.7. The fraction of sp³-hybridized carbons (Fsp3) is 0.667. The molecule has 0 atom stereocenters. The molecule has 1 N–H and O–H groups in total. The zero-order valence-corrected chi connectivity index (χ0v) is 20.0. The molecular formula is C21H33F3IN3O. The van der Waals surface area contributed by atoms with Crippen molar-refractivity contribution in [2.75, 3.05) is 40.4 Å². The van der Waals surface area contributed by atoms with Crippen LogP contribution in [0.3, 0.4) is 0 Å². The van der Waals surface area contributed by atoms with Gasteiger partial charge in [-0.15, -0.1) is 24.0 Å². The number of nitrogens with zero attached hydrogens (tertiary/aromatic N) is 2. The summed E-state index contributed by atoms with van der Waals surface area (Å²) in [4.78, 5) is 6.41. The van der Waals surface area contributed by atoms with Crippen LogP contribution in [-0.2, 0) is 16.3 Å². The average Bonchev–Trinajstić information content (AvgIpc) is 2.67. The molecule has 1 aliphatic heterocycles. The Morgan fingerprint density at radius 1 is 1.21 bits per heavy atom. The third-order valence-electron chi connectivity index (χ3n) is 5.45. The molecule has 0 aliphatic carbocycles. The normalized spacial score (nSPS) is 16.3. The Balaban J connectivity index is 0.00000420. The second-order valence-electron chi connectivity index (χ2n) is 8.13. The van der Waals surface area contributed by atoms with Gasteiger partial charge in [-0.25, -0.2) is 0 Å². The lowest BCUT2D eigenvalue weighted by atomic mass is 9.84. The Kier molecular flexibility index (Phi) is 10.2. The molecule has 0 spiro atoms. The molecule has 4 nitrogen and oxygen atoms in total. The molecule has 2 rings (SSSR count). The van der Waals surface area contributed by atoms with E-state index in [1.54, 1.807) is 13.1 Å². The van der Waals surface area contributed by atoms with Gasteiger partial charge in [0.25, 0.3) is 0 Å². The van der Waals surface area contributed by atoms with Crippen LogP contribution < -0.4 is 5.32 Å². The molecule has 29 heavy (non-hydrogen) atoms. The summed E-state index contributed by atoms with van der Waals surface area (Å²) < 4.78 is 44.5. The van der Waals surface area contributed by atoms with Crippen LogP contribution in [0.25, 0.3) is 0 Å². The van der Waals surface area contributed by atoms with Crippen molar-refractivity contribution in [1.29, 1.82) is 0 Å². The van der Waals surface area contributed by atoms with E-state index in [4.69, 9.17) is 4.74 Å². The lowest BCUT2D eigenvalue weighted by Crippen LogP contribution is -2.45. The third kappa shape index (κ3) is 7.96. The smallest absolute Gasteiger partial charge is 0.381 e. The van der Waals surface area contributed by atoms with E-state index in [0.717, 1.165) is 51.0 Å². The SMILES string of the molecule is CN=C(NCC(C)(C)c1cccc(C(F)(F)F)c1)N(C)CCC1CCOCC1.I. The van der Waals surface area contributed by atoms with Gasteiger partial charge in [0.15, 0.2) is 5.96 Å². The van der Waals surface area contributed by atoms with Gasteiger partial charge in [-0.2, -0.15) is 13.2 Å². The second-order valence-corrected chi connectivity index (χ2v) is 8.13. The molecule has 0 aromatic heterocycles. The monoisotopic (exact) mass is 527 g/mol. The van der Waals surface area contributed by atoms with Crippen LogP contribution in [0.5, 0.6) is 0 Å². The molecule has 166 valence electrons. The first-order valence-electron chi connectivity index (χ1n) is 9.81. The molecule has 0 bridgehead atoms. The van der Waals surface area contributed by atoms with E-state index in [2.05, 4.69) is 15.2 Å². The molecule has 1 saturated heterocycles. The van der Waals surface area contributed by atoms with Gasteiger partial charge in [-0.3, -0.25) is 4.99 Å². The summed E-state index contributed by atoms with van der Waals surface area (Å²) in [5.41, 5.74) is -0.440. The van der Waals surface area contributed by atoms with Gasteiger partial charge >= 0.3 is 6.18 Å². The number of rotatable bonds is 6. The third-order valence-corrected chi connectivity index (χ3v) is 5.45. The highest BCUT2D eigenvalue weighted by Gasteiger charge is 2.32. The minimum Gasteiger partial charge on any atom is -0.381 e. The largest absolute Gasteiger partial charge is 0.416 e. The first kappa shape index (κ1) is 26.0. The predicted octanol–water partition coefficient (Wildman–Crippen LogP) is 4.92. The fourth-order valence-electron chi connectivity index (χ4n) is 3.42. The molecule has 0 saturated carbocycles. The number of benzene rings is 1. The fourth-order valence-corrected chi connectivity index (χ4v) is 3.42. The average molecular weight is 527 g/mol. The molecule has 8 heteroatoms. The second kappa shape index (κ2) is 11.4. The highest BCUT2D eigenvalue weighted by atomic mass is 127. The van der Waals surface area contributed by atoms with Crippen LogP contribution in [0.2, 0.25) is 0 Å². The van der Waals surface area contributed by atoms with Gasteiger partial charge < -0.3 is 15.0 Å². The van der Waals surface area contributed by atoms with E-state index >= 15 is 0 Å². The number of alkyl halides is 3. The van der Waals surface area contributed by atoms with Crippen molar-refractivity contribution < 1.29 is 17.9 Å². The molecule has 1 heterocycles. The lowest BCUT2D eigenvalue weighted by Gasteiger charge is -2.31. The van der Waals surface area contributed by atoms with Crippen molar-refractivity contribution in [1.82, 2.24) is 10.2 Å². The summed E-state index contributed by atoms with van der Waals surface area (Å²) in [6.07, 6.45) is -1.05. The first-order valence-corrected chi connectivity index (χ1v) is 9.81. The number of hydrogen-bond donors (Lipinski definition) is 1. The standard InChI is InChI=1S/C21H32F3N3O.HI/c1-20(2,17-6-5-7-18(14-17)21(22,23)24)15-26-19(25-3)27(4)11-8-16-9-12-28-13-10-16;/h5-7,14,16H,8-13,15H2,1-4H3,(H,25,26);1H. The van der Waals surface area contributed by atoms with Gasteiger partial charge in [0.1, 0.15) is 0 Å². The van der Waals surface area contributed by atoms with E-state index in [1.807, 2.05) is 20.9 Å². The van der Waals surface area contributed by atoms with Crippen molar-refractivity contribution in [3.05, 3.63) is 35.4 Å². The number of aliphatic imine (C=N–C) groups is 1. The zero-order chi connectivity index (χ0) is 20.8. The highest BCUT2D eigenvalue weighted by molar-refractivity contribution is 14.0. The Morgan fingerprint density at radius 3 is 2.41 bits per heavy atom. The summed E-state index contributed by atoms with van der Waals surface area (Å²) in [5.74, 6) is 1.43. The summed E-state index contributed by atoms with van der Waals surface area (Å²) >= 11 is 0. The Morgan fingerprint density at radius 2 is 1.83 bits per heavy atom. The van der Waals surface area contributed by atoms with Crippen molar-refractivity contribution in [2.24, 2.45) is 10.9 Å². The minimum atomic E-state index is -4.33. The van der Waals surface area contributed by atoms with Gasteiger partial charge in [-0.05, 0) is 36.8 Å². The summed E-state index contributed by atoms with van der Waals surface area (Å²) in [6, 6.07) is 5.55. The summed E-state index contributed by atoms with van der Waals surface area (Å²) in [7, 11) is 3.72. The first-order chi connectivity index (χ1) is 13.1. The van der Waals surface area contributed by atoms with Crippen LogP contribution in [0.15, 0.2) is 29.3 Å². The van der Waals surface area contributed by atoms with E-state index in [0.29, 0.717) is 18.0 Å². The Hall–Kier alpha value is -1.03. The molecule has 1 fully saturated rings. The highest BCUT2D eigenvalue weighted by Crippen LogP contribution is 2.32. The molecule has 0 radical (unpaired) electrons. The van der Waals surface area contributed by atoms with Crippen molar-refractivity contribution in [2.45, 2.75) is 44.7 Å². The van der Waals surface area contributed by atoms with Gasteiger partial charge in [-0.1, -0.05) is 32.0 Å². The molecule has 1 aromatic carbocycles. The molecule has 1 aliphatic rings. The molecule has 1 aromatic rings. The van der Waals surface area contributed by atoms with E-state index in [-0.39, 0.29) is 24.0 Å². The minimum absolute atomic E-state index is 0. The number of guanidine groups is 1. The van der Waals surface area contributed by atoms with Crippen LogP contribution in [0.1, 0.15) is 44.2 Å². The predicted molar refractivity (Wildman–Crippen MR) is 122 cm³/mol. The lowest BCUT2D eigenvalue weighted by molar-refractivity contribution is -0.137. The maximum Gasteiger partial charge on any atom is 0.416 e. The maximum absolute atomic E-state index is 13.0. The number of ether oxygens (including phenoxy) is 1. The summed E-state index contributed by atoms with van der Waals surface area (Å²) in [5, 5.41) is 3.32. The van der Waals surface area contributed by atoms with Gasteiger partial charge in [0, 0.05) is 45.8 Å². The Labute approximate surface area is 189 Å². The van der Waals surface area contributed by atoms with Crippen molar-refractivity contribution >= 4 is 29.9 Å². The van der Waals surface area contributed by atoms with Crippen LogP contribution in [0.4, 0.5) is 13.2 Å². The van der Waals surface area contributed by atoms with Crippen LogP contribution in [-0.4, -0.2) is 51.3 Å². The molecule has 0 amide bonds. The van der Waals surface area contributed by atoms with Crippen molar-refractivity contribution in [3.63, 3.8) is 0 Å². The quantitative estimate of drug-likeness (QED) is 0.324. The Bertz CT molecular complexity index is 659. The van der Waals surface area contributed by atoms with Gasteiger partial charge in [0.2, 0.25) is 0 Å². The maximum atomic E-state index is 13.0. The molecular weight excluding hydrogens is 494 g/mol.